The molecule has 1 aromatic rings. The first kappa shape index (κ1) is 15.0. The summed E-state index contributed by atoms with van der Waals surface area (Å²) in [6, 6.07) is 8.16. The number of carbonyl (C=O) groups is 1. The van der Waals surface area contributed by atoms with Gasteiger partial charge in [-0.15, -0.1) is 0 Å². The Bertz CT molecular complexity index is 547. The Morgan fingerprint density at radius 2 is 2.19 bits per heavy atom. The van der Waals surface area contributed by atoms with Gasteiger partial charge in [0.15, 0.2) is 0 Å². The summed E-state index contributed by atoms with van der Waals surface area (Å²) < 4.78 is 1.02. The number of nitrogens with zero attached hydrogens (tertiary/aromatic N) is 1. The quantitative estimate of drug-likeness (QED) is 0.838. The zero-order chi connectivity index (χ0) is 15.0. The van der Waals surface area contributed by atoms with Crippen LogP contribution in [0.15, 0.2) is 28.7 Å². The van der Waals surface area contributed by atoms with Crippen LogP contribution in [0.4, 0.5) is 0 Å². The van der Waals surface area contributed by atoms with Crippen LogP contribution in [0.5, 0.6) is 0 Å². The normalized spacial score (nSPS) is 32.6. The van der Waals surface area contributed by atoms with Gasteiger partial charge < -0.3 is 10.0 Å². The van der Waals surface area contributed by atoms with Gasteiger partial charge in [-0.25, -0.2) is 0 Å². The Balaban J connectivity index is 2.02. The Hall–Kier alpha value is -0.870. The van der Waals surface area contributed by atoms with E-state index in [1.54, 1.807) is 6.92 Å². The van der Waals surface area contributed by atoms with Crippen molar-refractivity contribution in [2.75, 3.05) is 6.54 Å². The van der Waals surface area contributed by atoms with Gasteiger partial charge in [-0.3, -0.25) is 4.79 Å². The number of piperidine rings is 1. The van der Waals surface area contributed by atoms with Crippen LogP contribution in [-0.4, -0.2) is 28.1 Å². The summed E-state index contributed by atoms with van der Waals surface area (Å²) >= 11 is 3.52. The highest BCUT2D eigenvalue weighted by molar-refractivity contribution is 9.10. The first-order chi connectivity index (χ1) is 10.0. The van der Waals surface area contributed by atoms with Crippen molar-refractivity contribution in [2.24, 2.45) is 5.92 Å². The standard InChI is InChI=1S/C17H22BrNO2/c1-12(20)19-10-9-17(21)8-3-2-7-15(17)16(19)13-5-4-6-14(18)11-13/h4-6,11,15-16,21H,2-3,7-10H2,1H3/t15-,16-,17+/m1/s1. The average molecular weight is 352 g/mol. The van der Waals surface area contributed by atoms with E-state index in [9.17, 15) is 9.90 Å². The van der Waals surface area contributed by atoms with Gasteiger partial charge >= 0.3 is 0 Å². The summed E-state index contributed by atoms with van der Waals surface area (Å²) in [7, 11) is 0. The fourth-order valence-corrected chi connectivity index (χ4v) is 4.55. The summed E-state index contributed by atoms with van der Waals surface area (Å²) in [6.07, 6.45) is 4.81. The number of amides is 1. The maximum absolute atomic E-state index is 12.1. The van der Waals surface area contributed by atoms with Gasteiger partial charge in [-0.1, -0.05) is 40.9 Å². The van der Waals surface area contributed by atoms with E-state index in [0.717, 1.165) is 35.7 Å². The molecule has 1 aliphatic carbocycles. The van der Waals surface area contributed by atoms with E-state index in [4.69, 9.17) is 0 Å². The lowest BCUT2D eigenvalue weighted by molar-refractivity contribution is -0.153. The lowest BCUT2D eigenvalue weighted by Gasteiger charge is -2.52. The highest BCUT2D eigenvalue weighted by Gasteiger charge is 2.49. The van der Waals surface area contributed by atoms with Crippen LogP contribution in [0.2, 0.25) is 0 Å². The van der Waals surface area contributed by atoms with Crippen molar-refractivity contribution in [3.05, 3.63) is 34.3 Å². The molecule has 1 amide bonds. The molecule has 0 spiro atoms. The highest BCUT2D eigenvalue weighted by atomic mass is 79.9. The molecule has 1 aromatic carbocycles. The van der Waals surface area contributed by atoms with Crippen LogP contribution in [-0.2, 0) is 4.79 Å². The molecule has 0 bridgehead atoms. The minimum absolute atomic E-state index is 0.000880. The van der Waals surface area contributed by atoms with Crippen molar-refractivity contribution in [1.82, 2.24) is 4.90 Å². The number of aliphatic hydroxyl groups is 1. The van der Waals surface area contributed by atoms with Gasteiger partial charge in [-0.2, -0.15) is 0 Å². The van der Waals surface area contributed by atoms with Gasteiger partial charge in [0.05, 0.1) is 11.6 Å². The fourth-order valence-electron chi connectivity index (χ4n) is 4.14. The molecule has 4 heteroatoms. The van der Waals surface area contributed by atoms with Crippen molar-refractivity contribution in [2.45, 2.75) is 50.7 Å². The van der Waals surface area contributed by atoms with E-state index in [2.05, 4.69) is 28.1 Å². The minimum atomic E-state index is -0.600. The van der Waals surface area contributed by atoms with Crippen LogP contribution in [0, 0.1) is 5.92 Å². The molecule has 1 heterocycles. The van der Waals surface area contributed by atoms with Crippen molar-refractivity contribution in [1.29, 1.82) is 0 Å². The van der Waals surface area contributed by atoms with Gasteiger partial charge in [0.1, 0.15) is 0 Å². The molecule has 2 fully saturated rings. The van der Waals surface area contributed by atoms with Crippen molar-refractivity contribution < 1.29 is 9.90 Å². The van der Waals surface area contributed by atoms with Crippen molar-refractivity contribution in [3.63, 3.8) is 0 Å². The number of carbonyl (C=O) groups excluding carboxylic acids is 1. The van der Waals surface area contributed by atoms with Gasteiger partial charge in [-0.05, 0) is 37.0 Å². The number of halogens is 1. The van der Waals surface area contributed by atoms with E-state index in [-0.39, 0.29) is 17.9 Å². The second kappa shape index (κ2) is 5.73. The zero-order valence-corrected chi connectivity index (χ0v) is 14.0. The van der Waals surface area contributed by atoms with Crippen molar-refractivity contribution >= 4 is 21.8 Å². The van der Waals surface area contributed by atoms with E-state index in [1.165, 1.54) is 0 Å². The van der Waals surface area contributed by atoms with Crippen LogP contribution in [0.25, 0.3) is 0 Å². The second-order valence-electron chi connectivity index (χ2n) is 6.42. The largest absolute Gasteiger partial charge is 0.389 e. The molecule has 0 unspecified atom stereocenters. The topological polar surface area (TPSA) is 40.5 Å². The molecule has 0 radical (unpaired) electrons. The van der Waals surface area contributed by atoms with E-state index in [1.807, 2.05) is 17.0 Å². The number of hydrogen-bond donors (Lipinski definition) is 1. The first-order valence-corrected chi connectivity index (χ1v) is 8.56. The molecule has 1 saturated heterocycles. The summed E-state index contributed by atoms with van der Waals surface area (Å²) in [6.45, 7) is 2.29. The summed E-state index contributed by atoms with van der Waals surface area (Å²) in [5.41, 5.74) is 0.529. The summed E-state index contributed by atoms with van der Waals surface area (Å²) in [5, 5.41) is 11.0. The Labute approximate surface area is 134 Å². The maximum Gasteiger partial charge on any atom is 0.219 e. The molecule has 2 aliphatic rings. The van der Waals surface area contributed by atoms with Crippen LogP contribution in [0.3, 0.4) is 0 Å². The third-order valence-electron chi connectivity index (χ3n) is 5.16. The highest BCUT2D eigenvalue weighted by Crippen LogP contribution is 2.49. The summed E-state index contributed by atoms with van der Waals surface area (Å²) in [5.74, 6) is 0.255. The number of fused-ring (bicyclic) bond motifs is 1. The minimum Gasteiger partial charge on any atom is -0.389 e. The zero-order valence-electron chi connectivity index (χ0n) is 12.4. The van der Waals surface area contributed by atoms with Gasteiger partial charge in [0.25, 0.3) is 0 Å². The molecule has 0 aromatic heterocycles. The lowest BCUT2D eigenvalue weighted by Crippen LogP contribution is -2.55. The molecule has 1 saturated carbocycles. The SMILES string of the molecule is CC(=O)N1CC[C@@]2(O)CCCC[C@@H]2[C@H]1c1cccc(Br)c1. The summed E-state index contributed by atoms with van der Waals surface area (Å²) in [4.78, 5) is 14.0. The second-order valence-corrected chi connectivity index (χ2v) is 7.33. The fraction of sp³-hybridized carbons (Fsp3) is 0.588. The number of likely N-dealkylation sites (tertiary alicyclic amines) is 1. The van der Waals surface area contributed by atoms with Crippen LogP contribution >= 0.6 is 15.9 Å². The number of rotatable bonds is 1. The van der Waals surface area contributed by atoms with Crippen LogP contribution < -0.4 is 0 Å². The molecule has 114 valence electrons. The molecule has 1 aliphatic heterocycles. The third kappa shape index (κ3) is 2.76. The Morgan fingerprint density at radius 1 is 1.38 bits per heavy atom. The smallest absolute Gasteiger partial charge is 0.219 e. The molecule has 1 N–H and O–H groups in total. The van der Waals surface area contributed by atoms with E-state index in [0.29, 0.717) is 13.0 Å². The van der Waals surface area contributed by atoms with Crippen LogP contribution in [0.1, 0.15) is 50.6 Å². The molecule has 3 nitrogen and oxygen atoms in total. The lowest BCUT2D eigenvalue weighted by atomic mass is 9.66. The predicted molar refractivity (Wildman–Crippen MR) is 85.8 cm³/mol. The molecule has 3 atom stereocenters. The predicted octanol–water partition coefficient (Wildman–Crippen LogP) is 3.66. The van der Waals surface area contributed by atoms with Crippen molar-refractivity contribution in [3.8, 4) is 0 Å². The van der Waals surface area contributed by atoms with E-state index < -0.39 is 5.60 Å². The molecule has 3 rings (SSSR count). The molecular formula is C17H22BrNO2. The van der Waals surface area contributed by atoms with Gasteiger partial charge in [0.2, 0.25) is 5.91 Å². The third-order valence-corrected chi connectivity index (χ3v) is 5.66. The monoisotopic (exact) mass is 351 g/mol. The first-order valence-electron chi connectivity index (χ1n) is 7.76. The number of benzene rings is 1. The van der Waals surface area contributed by atoms with E-state index >= 15 is 0 Å². The maximum atomic E-state index is 12.1. The number of hydrogen-bond acceptors (Lipinski definition) is 2. The molecule has 21 heavy (non-hydrogen) atoms. The molecular weight excluding hydrogens is 330 g/mol. The Kier molecular flexibility index (Phi) is 4.10. The average Bonchev–Trinajstić information content (AvgIpc) is 2.45. The Morgan fingerprint density at radius 3 is 2.90 bits per heavy atom. The van der Waals surface area contributed by atoms with Gasteiger partial charge in [0, 0.05) is 23.9 Å².